The fourth-order valence-corrected chi connectivity index (χ4v) is 1.78. The summed E-state index contributed by atoms with van der Waals surface area (Å²) in [6.45, 7) is 6.34. The maximum absolute atomic E-state index is 9.44. The molecule has 0 radical (unpaired) electrons. The number of methoxy groups -OCH3 is 1. The first-order valence-corrected chi connectivity index (χ1v) is 6.33. The van der Waals surface area contributed by atoms with Crippen molar-refractivity contribution in [2.45, 2.75) is 37.3 Å². The summed E-state index contributed by atoms with van der Waals surface area (Å²) < 4.78 is 5.01. The monoisotopic (exact) mass is 258 g/mol. The van der Waals surface area contributed by atoms with Gasteiger partial charge in [0.1, 0.15) is 0 Å². The minimum Gasteiger partial charge on any atom is -0.467 e. The fourth-order valence-electron chi connectivity index (χ4n) is 0.984. The quantitative estimate of drug-likeness (QED) is 0.741. The number of anilines is 1. The van der Waals surface area contributed by atoms with Gasteiger partial charge in [-0.25, -0.2) is 0 Å². The Kier molecular flexibility index (Phi) is 5.43. The van der Waals surface area contributed by atoms with Gasteiger partial charge in [-0.05, 0) is 13.8 Å². The van der Waals surface area contributed by atoms with Gasteiger partial charge in [0.2, 0.25) is 5.95 Å². The molecule has 1 aromatic rings. The summed E-state index contributed by atoms with van der Waals surface area (Å²) in [5, 5.41) is 13.0. The van der Waals surface area contributed by atoms with Gasteiger partial charge in [0.15, 0.2) is 5.16 Å². The van der Waals surface area contributed by atoms with Gasteiger partial charge in [-0.15, -0.1) is 0 Å². The minimum absolute atomic E-state index is 0.0107. The van der Waals surface area contributed by atoms with Crippen LogP contribution in [0.15, 0.2) is 5.16 Å². The molecule has 2 N–H and O–H groups in total. The lowest BCUT2D eigenvalue weighted by atomic mass is 10.3. The molecule has 1 heterocycles. The molecule has 0 bridgehead atoms. The Morgan fingerprint density at radius 1 is 1.35 bits per heavy atom. The standard InChI is InChI=1S/C10H18N4O2S/c1-5-11-8-12-9(16-4)14-10(13-8)17-7(3)6(2)15/h6-7,15H,5H2,1-4H3,(H,11,12,13,14). The van der Waals surface area contributed by atoms with E-state index >= 15 is 0 Å². The van der Waals surface area contributed by atoms with Crippen LogP contribution in [0, 0.1) is 0 Å². The van der Waals surface area contributed by atoms with Crippen LogP contribution < -0.4 is 10.1 Å². The number of aliphatic hydroxyl groups is 1. The molecular formula is C10H18N4O2S. The van der Waals surface area contributed by atoms with Gasteiger partial charge >= 0.3 is 6.01 Å². The van der Waals surface area contributed by atoms with Crippen LogP contribution in [0.3, 0.4) is 0 Å². The van der Waals surface area contributed by atoms with Crippen molar-refractivity contribution in [2.75, 3.05) is 19.0 Å². The molecule has 0 aliphatic rings. The number of aromatic nitrogens is 3. The number of thioether (sulfide) groups is 1. The Hall–Kier alpha value is -1.08. The first-order chi connectivity index (χ1) is 8.06. The number of hydrogen-bond donors (Lipinski definition) is 2. The maximum atomic E-state index is 9.44. The normalized spacial score (nSPS) is 14.2. The van der Waals surface area contributed by atoms with Crippen LogP contribution in [-0.4, -0.2) is 45.1 Å². The number of nitrogens with one attached hydrogen (secondary N) is 1. The summed E-state index contributed by atoms with van der Waals surface area (Å²) in [5.74, 6) is 0.486. The molecule has 1 aromatic heterocycles. The Balaban J connectivity index is 2.86. The van der Waals surface area contributed by atoms with Crippen molar-refractivity contribution in [3.63, 3.8) is 0 Å². The molecule has 0 fully saturated rings. The third-order valence-corrected chi connectivity index (χ3v) is 3.24. The zero-order chi connectivity index (χ0) is 12.8. The van der Waals surface area contributed by atoms with Crippen LogP contribution in [0.25, 0.3) is 0 Å². The smallest absolute Gasteiger partial charge is 0.321 e. The van der Waals surface area contributed by atoms with Crippen LogP contribution in [0.2, 0.25) is 0 Å². The zero-order valence-corrected chi connectivity index (χ0v) is 11.3. The van der Waals surface area contributed by atoms with Gasteiger partial charge in [-0.1, -0.05) is 18.7 Å². The molecule has 2 unspecified atom stereocenters. The number of hydrogen-bond acceptors (Lipinski definition) is 7. The van der Waals surface area contributed by atoms with Crippen molar-refractivity contribution in [3.8, 4) is 6.01 Å². The fraction of sp³-hybridized carbons (Fsp3) is 0.700. The Bertz CT molecular complexity index is 362. The minimum atomic E-state index is -0.426. The highest BCUT2D eigenvalue weighted by Gasteiger charge is 2.14. The molecule has 0 aliphatic carbocycles. The van der Waals surface area contributed by atoms with E-state index in [0.29, 0.717) is 11.1 Å². The molecule has 6 nitrogen and oxygen atoms in total. The van der Waals surface area contributed by atoms with Crippen molar-refractivity contribution in [1.29, 1.82) is 0 Å². The summed E-state index contributed by atoms with van der Waals surface area (Å²) >= 11 is 1.39. The topological polar surface area (TPSA) is 80.2 Å². The van der Waals surface area contributed by atoms with Crippen molar-refractivity contribution < 1.29 is 9.84 Å². The Morgan fingerprint density at radius 2 is 2.06 bits per heavy atom. The van der Waals surface area contributed by atoms with Gasteiger partial charge < -0.3 is 15.2 Å². The maximum Gasteiger partial charge on any atom is 0.321 e. The molecule has 17 heavy (non-hydrogen) atoms. The predicted octanol–water partition coefficient (Wildman–Crippen LogP) is 1.17. The molecule has 96 valence electrons. The molecule has 0 saturated carbocycles. The number of rotatable bonds is 6. The molecular weight excluding hydrogens is 240 g/mol. The SMILES string of the molecule is CCNc1nc(OC)nc(SC(C)C(C)O)n1. The summed E-state index contributed by atoms with van der Waals surface area (Å²) in [4.78, 5) is 12.4. The molecule has 7 heteroatoms. The van der Waals surface area contributed by atoms with Crippen molar-refractivity contribution in [3.05, 3.63) is 0 Å². The van der Waals surface area contributed by atoms with Gasteiger partial charge in [0, 0.05) is 11.8 Å². The molecule has 1 rings (SSSR count). The molecule has 0 saturated heterocycles. The van der Waals surface area contributed by atoms with E-state index in [1.165, 1.54) is 18.9 Å². The number of aliphatic hydroxyl groups excluding tert-OH is 1. The second-order valence-electron chi connectivity index (χ2n) is 3.52. The average Bonchev–Trinajstić information content (AvgIpc) is 2.28. The van der Waals surface area contributed by atoms with Gasteiger partial charge in [-0.2, -0.15) is 15.0 Å². The zero-order valence-electron chi connectivity index (χ0n) is 10.5. The van der Waals surface area contributed by atoms with Crippen molar-refractivity contribution in [2.24, 2.45) is 0 Å². The van der Waals surface area contributed by atoms with Crippen LogP contribution >= 0.6 is 11.8 Å². The summed E-state index contributed by atoms with van der Waals surface area (Å²) in [6, 6.07) is 0.274. The lowest BCUT2D eigenvalue weighted by Crippen LogP contribution is -2.16. The lowest BCUT2D eigenvalue weighted by molar-refractivity contribution is 0.196. The predicted molar refractivity (Wildman–Crippen MR) is 67.5 cm³/mol. The molecule has 0 aromatic carbocycles. The van der Waals surface area contributed by atoms with E-state index < -0.39 is 6.10 Å². The van der Waals surface area contributed by atoms with E-state index in [1.807, 2.05) is 13.8 Å². The Labute approximate surface area is 105 Å². The van der Waals surface area contributed by atoms with Crippen LogP contribution in [-0.2, 0) is 0 Å². The highest BCUT2D eigenvalue weighted by atomic mass is 32.2. The Morgan fingerprint density at radius 3 is 2.59 bits per heavy atom. The second kappa shape index (κ2) is 6.61. The third kappa shape index (κ3) is 4.35. The van der Waals surface area contributed by atoms with Crippen LogP contribution in [0.5, 0.6) is 6.01 Å². The highest BCUT2D eigenvalue weighted by Crippen LogP contribution is 2.23. The van der Waals surface area contributed by atoms with Crippen molar-refractivity contribution >= 4 is 17.7 Å². The van der Waals surface area contributed by atoms with E-state index in [0.717, 1.165) is 6.54 Å². The molecule has 0 amide bonds. The summed E-state index contributed by atoms with van der Waals surface area (Å²) in [6.07, 6.45) is -0.426. The first kappa shape index (κ1) is 14.0. The highest BCUT2D eigenvalue weighted by molar-refractivity contribution is 7.99. The average molecular weight is 258 g/mol. The van der Waals surface area contributed by atoms with E-state index in [-0.39, 0.29) is 11.3 Å². The molecule has 0 aliphatic heterocycles. The molecule has 2 atom stereocenters. The first-order valence-electron chi connectivity index (χ1n) is 5.45. The lowest BCUT2D eigenvalue weighted by Gasteiger charge is -2.13. The van der Waals surface area contributed by atoms with Gasteiger partial charge in [0.05, 0.1) is 13.2 Å². The van der Waals surface area contributed by atoms with Crippen molar-refractivity contribution in [1.82, 2.24) is 15.0 Å². The van der Waals surface area contributed by atoms with E-state index in [9.17, 15) is 5.11 Å². The second-order valence-corrected chi connectivity index (χ2v) is 4.87. The number of ether oxygens (including phenoxy) is 1. The largest absolute Gasteiger partial charge is 0.467 e. The van der Waals surface area contributed by atoms with Crippen LogP contribution in [0.4, 0.5) is 5.95 Å². The number of nitrogens with zero attached hydrogens (tertiary/aromatic N) is 3. The summed E-state index contributed by atoms with van der Waals surface area (Å²) in [7, 11) is 1.51. The van der Waals surface area contributed by atoms with E-state index in [2.05, 4.69) is 20.3 Å². The van der Waals surface area contributed by atoms with Gasteiger partial charge in [0.25, 0.3) is 0 Å². The van der Waals surface area contributed by atoms with Crippen LogP contribution in [0.1, 0.15) is 20.8 Å². The van der Waals surface area contributed by atoms with Gasteiger partial charge in [-0.3, -0.25) is 0 Å². The third-order valence-electron chi connectivity index (χ3n) is 2.08. The summed E-state index contributed by atoms with van der Waals surface area (Å²) in [5.41, 5.74) is 0. The van der Waals surface area contributed by atoms with E-state index in [1.54, 1.807) is 6.92 Å². The van der Waals surface area contributed by atoms with E-state index in [4.69, 9.17) is 4.74 Å². The molecule has 0 spiro atoms.